The fraction of sp³-hybridized carbons (Fsp3) is 0.500. The van der Waals surface area contributed by atoms with E-state index in [0.717, 1.165) is 18.2 Å². The molecule has 11 heteroatoms. The first kappa shape index (κ1) is 25.6. The SMILES string of the molecule is C#C[C@@]1(c2cc([N+](=O)[O-])ccc2F)CCOC(N(C(=O)OC(C)(C)C)C(=O)OC(C)(C)C)=N1. The molecule has 10 nitrogen and oxygen atoms in total. The van der Waals surface area contributed by atoms with Crippen LogP contribution < -0.4 is 0 Å². The zero-order chi connectivity index (χ0) is 25.2. The maximum Gasteiger partial charge on any atom is 0.428 e. The Morgan fingerprint density at radius 2 is 1.76 bits per heavy atom. The number of halogens is 1. The summed E-state index contributed by atoms with van der Waals surface area (Å²) in [4.78, 5) is 40.8. The van der Waals surface area contributed by atoms with Gasteiger partial charge in [0.25, 0.3) is 5.69 Å². The number of hydrogen-bond donors (Lipinski definition) is 0. The Balaban J connectivity index is 2.64. The van der Waals surface area contributed by atoms with Gasteiger partial charge in [-0.3, -0.25) is 10.1 Å². The molecular weight excluding hydrogens is 437 g/mol. The van der Waals surface area contributed by atoms with E-state index in [1.165, 1.54) is 0 Å². The number of nitro groups is 1. The second-order valence-corrected chi connectivity index (χ2v) is 9.21. The van der Waals surface area contributed by atoms with E-state index in [9.17, 15) is 24.1 Å². The van der Waals surface area contributed by atoms with Crippen LogP contribution in [0.5, 0.6) is 0 Å². The van der Waals surface area contributed by atoms with Gasteiger partial charge in [0.2, 0.25) is 0 Å². The number of hydrogen-bond acceptors (Lipinski definition) is 8. The molecule has 1 aromatic carbocycles. The smallest absolute Gasteiger partial charge is 0.428 e. The van der Waals surface area contributed by atoms with Crippen LogP contribution in [0, 0.1) is 28.3 Å². The van der Waals surface area contributed by atoms with E-state index in [0.29, 0.717) is 4.90 Å². The zero-order valence-electron chi connectivity index (χ0n) is 19.3. The highest BCUT2D eigenvalue weighted by molar-refractivity contribution is 6.06. The number of nitro benzene ring substituents is 1. The summed E-state index contributed by atoms with van der Waals surface area (Å²) in [5.41, 5.74) is -4.43. The molecule has 1 aliphatic heterocycles. The number of amidine groups is 1. The highest BCUT2D eigenvalue weighted by Crippen LogP contribution is 2.36. The molecule has 0 unspecified atom stereocenters. The molecule has 1 aromatic rings. The lowest BCUT2D eigenvalue weighted by Crippen LogP contribution is -2.50. The summed E-state index contributed by atoms with van der Waals surface area (Å²) in [6, 6.07) is 2.28. The van der Waals surface area contributed by atoms with E-state index in [-0.39, 0.29) is 18.6 Å². The molecular formula is C22H26FN3O7. The first-order chi connectivity index (χ1) is 15.1. The molecule has 1 aliphatic rings. The van der Waals surface area contributed by atoms with Crippen molar-refractivity contribution in [2.24, 2.45) is 4.99 Å². The van der Waals surface area contributed by atoms with Gasteiger partial charge in [0.15, 0.2) is 5.54 Å². The van der Waals surface area contributed by atoms with Crippen molar-refractivity contribution in [2.45, 2.75) is 64.7 Å². The number of carbonyl (C=O) groups excluding carboxylic acids is 2. The molecule has 0 N–H and O–H groups in total. The Morgan fingerprint density at radius 1 is 1.21 bits per heavy atom. The van der Waals surface area contributed by atoms with Crippen LogP contribution in [-0.2, 0) is 19.7 Å². The summed E-state index contributed by atoms with van der Waals surface area (Å²) < 4.78 is 30.7. The number of imide groups is 1. The van der Waals surface area contributed by atoms with Crippen molar-refractivity contribution in [3.63, 3.8) is 0 Å². The van der Waals surface area contributed by atoms with Crippen LogP contribution in [-0.4, -0.2) is 45.8 Å². The quantitative estimate of drug-likeness (QED) is 0.359. The normalized spacial score (nSPS) is 18.3. The van der Waals surface area contributed by atoms with Gasteiger partial charge in [-0.2, -0.15) is 0 Å². The summed E-state index contributed by atoms with van der Waals surface area (Å²) in [5, 5.41) is 11.2. The minimum absolute atomic E-state index is 0.0679. The molecule has 0 aliphatic carbocycles. The summed E-state index contributed by atoms with van der Waals surface area (Å²) in [6.45, 7) is 9.36. The highest BCUT2D eigenvalue weighted by Gasteiger charge is 2.43. The van der Waals surface area contributed by atoms with Crippen molar-refractivity contribution in [2.75, 3.05) is 6.61 Å². The first-order valence-electron chi connectivity index (χ1n) is 9.99. The largest absolute Gasteiger partial charge is 0.464 e. The number of carbonyl (C=O) groups is 2. The Labute approximate surface area is 190 Å². The number of rotatable bonds is 2. The molecule has 1 heterocycles. The summed E-state index contributed by atoms with van der Waals surface area (Å²) >= 11 is 0. The maximum absolute atomic E-state index is 14.7. The van der Waals surface area contributed by atoms with Gasteiger partial charge in [0, 0.05) is 24.1 Å². The third kappa shape index (κ3) is 6.19. The minimum Gasteiger partial charge on any atom is -0.464 e. The van der Waals surface area contributed by atoms with Gasteiger partial charge in [-0.1, -0.05) is 5.92 Å². The standard InChI is InChI=1S/C22H26FN3O7/c1-8-22(15-13-14(26(29)30)9-10-16(15)23)11-12-31-17(24-22)25(18(27)32-20(2,3)4)19(28)33-21(5,6)7/h1,9-10,13H,11-12H2,2-7H3/t22-/m0/s1. The lowest BCUT2D eigenvalue weighted by Gasteiger charge is -2.34. The van der Waals surface area contributed by atoms with Crippen LogP contribution in [0.1, 0.15) is 53.5 Å². The van der Waals surface area contributed by atoms with Gasteiger partial charge in [-0.25, -0.2) is 19.0 Å². The lowest BCUT2D eigenvalue weighted by atomic mass is 9.87. The molecule has 178 valence electrons. The molecule has 0 saturated carbocycles. The number of non-ortho nitro benzene ring substituents is 1. The van der Waals surface area contributed by atoms with Gasteiger partial charge in [0.1, 0.15) is 17.0 Å². The molecule has 2 rings (SSSR count). The van der Waals surface area contributed by atoms with E-state index in [2.05, 4.69) is 10.9 Å². The van der Waals surface area contributed by atoms with Gasteiger partial charge < -0.3 is 14.2 Å². The topological polar surface area (TPSA) is 121 Å². The summed E-state index contributed by atoms with van der Waals surface area (Å²) in [7, 11) is 0. The Bertz CT molecular complexity index is 1010. The molecule has 1 atom stereocenters. The average molecular weight is 463 g/mol. The zero-order valence-corrected chi connectivity index (χ0v) is 19.3. The van der Waals surface area contributed by atoms with Crippen molar-refractivity contribution in [1.82, 2.24) is 4.90 Å². The van der Waals surface area contributed by atoms with Crippen LogP contribution in [0.4, 0.5) is 19.7 Å². The van der Waals surface area contributed by atoms with E-state index >= 15 is 0 Å². The average Bonchev–Trinajstić information content (AvgIpc) is 2.65. The summed E-state index contributed by atoms with van der Waals surface area (Å²) in [6.07, 6.45) is 3.32. The predicted molar refractivity (Wildman–Crippen MR) is 116 cm³/mol. The van der Waals surface area contributed by atoms with E-state index < -0.39 is 51.4 Å². The Hall–Kier alpha value is -3.68. The molecule has 2 amide bonds. The van der Waals surface area contributed by atoms with Crippen LogP contribution in [0.2, 0.25) is 0 Å². The highest BCUT2D eigenvalue weighted by atomic mass is 19.1. The van der Waals surface area contributed by atoms with Crippen molar-refractivity contribution in [1.29, 1.82) is 0 Å². The van der Waals surface area contributed by atoms with Gasteiger partial charge in [0.05, 0.1) is 11.5 Å². The first-order valence-corrected chi connectivity index (χ1v) is 9.99. The molecule has 0 saturated heterocycles. The van der Waals surface area contributed by atoms with Crippen molar-refractivity contribution >= 4 is 23.9 Å². The van der Waals surface area contributed by atoms with Crippen molar-refractivity contribution < 1.29 is 33.1 Å². The van der Waals surface area contributed by atoms with Crippen molar-refractivity contribution in [3.8, 4) is 12.3 Å². The van der Waals surface area contributed by atoms with Gasteiger partial charge >= 0.3 is 18.2 Å². The van der Waals surface area contributed by atoms with Crippen LogP contribution in [0.15, 0.2) is 23.2 Å². The summed E-state index contributed by atoms with van der Waals surface area (Å²) in [5.74, 6) is 1.50. The lowest BCUT2D eigenvalue weighted by molar-refractivity contribution is -0.385. The number of ether oxygens (including phenoxy) is 3. The third-order valence-electron chi connectivity index (χ3n) is 4.17. The maximum atomic E-state index is 14.7. The number of terminal acetylenes is 1. The number of benzene rings is 1. The molecule has 0 aromatic heterocycles. The van der Waals surface area contributed by atoms with E-state index in [4.69, 9.17) is 20.6 Å². The minimum atomic E-state index is -1.79. The van der Waals surface area contributed by atoms with Crippen LogP contribution in [0.25, 0.3) is 0 Å². The molecule has 0 bridgehead atoms. The molecule has 0 fully saturated rings. The Kier molecular flexibility index (Phi) is 7.02. The third-order valence-corrected chi connectivity index (χ3v) is 4.17. The fourth-order valence-corrected chi connectivity index (χ4v) is 2.82. The van der Waals surface area contributed by atoms with E-state index in [1.54, 1.807) is 41.5 Å². The fourth-order valence-electron chi connectivity index (χ4n) is 2.82. The van der Waals surface area contributed by atoms with Crippen LogP contribution >= 0.6 is 0 Å². The Morgan fingerprint density at radius 3 is 2.21 bits per heavy atom. The molecule has 0 radical (unpaired) electrons. The van der Waals surface area contributed by atoms with E-state index in [1.807, 2.05) is 0 Å². The molecule has 0 spiro atoms. The number of amides is 2. The monoisotopic (exact) mass is 463 g/mol. The second-order valence-electron chi connectivity index (χ2n) is 9.21. The van der Waals surface area contributed by atoms with Gasteiger partial charge in [-0.05, 0) is 47.6 Å². The van der Waals surface area contributed by atoms with Gasteiger partial charge in [-0.15, -0.1) is 11.3 Å². The van der Waals surface area contributed by atoms with Crippen LogP contribution in [0.3, 0.4) is 0 Å². The predicted octanol–water partition coefficient (Wildman–Crippen LogP) is 4.51. The van der Waals surface area contributed by atoms with Crippen molar-refractivity contribution in [3.05, 3.63) is 39.7 Å². The second kappa shape index (κ2) is 9.05. The number of aliphatic imine (C=N–C) groups is 1. The number of nitrogens with zero attached hydrogens (tertiary/aromatic N) is 3. The molecule has 33 heavy (non-hydrogen) atoms.